The summed E-state index contributed by atoms with van der Waals surface area (Å²) >= 11 is 0. The van der Waals surface area contributed by atoms with Crippen LogP contribution in [-0.2, 0) is 4.74 Å². The summed E-state index contributed by atoms with van der Waals surface area (Å²) in [6.45, 7) is 3.89. The highest BCUT2D eigenvalue weighted by Crippen LogP contribution is 2.26. The van der Waals surface area contributed by atoms with Crippen LogP contribution in [0, 0.1) is 13.8 Å². The van der Waals surface area contributed by atoms with Crippen LogP contribution in [-0.4, -0.2) is 13.1 Å². The smallest absolute Gasteiger partial charge is 0.340 e. The number of nitrogens with one attached hydrogen (secondary N) is 1. The van der Waals surface area contributed by atoms with E-state index >= 15 is 0 Å². The molecule has 0 aliphatic heterocycles. The molecule has 0 spiro atoms. The molecule has 0 heterocycles. The molecule has 0 unspecified atom stereocenters. The monoisotopic (exact) mass is 270 g/mol. The number of esters is 1. The van der Waals surface area contributed by atoms with Gasteiger partial charge in [0.15, 0.2) is 0 Å². The van der Waals surface area contributed by atoms with Crippen LogP contribution in [0.3, 0.4) is 0 Å². The van der Waals surface area contributed by atoms with Crippen molar-refractivity contribution in [3.05, 3.63) is 53.1 Å². The van der Waals surface area contributed by atoms with Crippen molar-refractivity contribution in [2.24, 2.45) is 0 Å². The predicted octanol–water partition coefficient (Wildman–Crippen LogP) is 3.42. The second-order valence-electron chi connectivity index (χ2n) is 4.74. The lowest BCUT2D eigenvalue weighted by atomic mass is 10.1. The van der Waals surface area contributed by atoms with E-state index in [1.165, 1.54) is 7.11 Å². The Balaban J connectivity index is 2.38. The van der Waals surface area contributed by atoms with Gasteiger partial charge in [-0.05, 0) is 49.2 Å². The Morgan fingerprint density at radius 1 is 1.15 bits per heavy atom. The van der Waals surface area contributed by atoms with Crippen LogP contribution in [0.5, 0.6) is 0 Å². The molecule has 0 atom stereocenters. The Hall–Kier alpha value is -2.49. The van der Waals surface area contributed by atoms with Crippen LogP contribution in [0.15, 0.2) is 36.4 Å². The molecule has 0 bridgehead atoms. The van der Waals surface area contributed by atoms with E-state index in [2.05, 4.69) is 5.32 Å². The van der Waals surface area contributed by atoms with Crippen molar-refractivity contribution in [3.63, 3.8) is 0 Å². The molecule has 2 aromatic rings. The average Bonchev–Trinajstić information content (AvgIpc) is 2.42. The normalized spacial score (nSPS) is 10.2. The first kappa shape index (κ1) is 13.9. The fourth-order valence-corrected chi connectivity index (χ4v) is 2.04. The molecule has 4 nitrogen and oxygen atoms in total. The van der Waals surface area contributed by atoms with E-state index in [-0.39, 0.29) is 0 Å². The molecule has 0 saturated carbocycles. The van der Waals surface area contributed by atoms with Gasteiger partial charge in [0.1, 0.15) is 0 Å². The summed E-state index contributed by atoms with van der Waals surface area (Å²) in [5, 5.41) is 3.27. The average molecular weight is 270 g/mol. The molecule has 2 aromatic carbocycles. The third-order valence-corrected chi connectivity index (χ3v) is 3.10. The maximum atomic E-state index is 11.7. The molecule has 0 aliphatic carbocycles. The topological polar surface area (TPSA) is 64.3 Å². The number of benzene rings is 2. The van der Waals surface area contributed by atoms with Crippen LogP contribution in [0.4, 0.5) is 17.1 Å². The van der Waals surface area contributed by atoms with Gasteiger partial charge in [0.2, 0.25) is 0 Å². The Kier molecular flexibility index (Phi) is 3.94. The third kappa shape index (κ3) is 2.91. The number of anilines is 3. The number of hydrogen-bond acceptors (Lipinski definition) is 4. The van der Waals surface area contributed by atoms with Crippen molar-refractivity contribution in [1.29, 1.82) is 0 Å². The Morgan fingerprint density at radius 3 is 2.55 bits per heavy atom. The minimum absolute atomic E-state index is 0.377. The lowest BCUT2D eigenvalue weighted by Gasteiger charge is -2.12. The summed E-state index contributed by atoms with van der Waals surface area (Å²) in [4.78, 5) is 11.7. The first-order valence-corrected chi connectivity index (χ1v) is 6.33. The molecular formula is C16H18N2O2. The Bertz CT molecular complexity index is 651. The number of hydrogen-bond donors (Lipinski definition) is 2. The van der Waals surface area contributed by atoms with Crippen molar-refractivity contribution in [2.75, 3.05) is 18.2 Å². The highest BCUT2D eigenvalue weighted by atomic mass is 16.5. The highest BCUT2D eigenvalue weighted by Gasteiger charge is 2.13. The summed E-state index contributed by atoms with van der Waals surface area (Å²) < 4.78 is 4.75. The summed E-state index contributed by atoms with van der Waals surface area (Å²) in [5.74, 6) is -0.432. The van der Waals surface area contributed by atoms with E-state index in [1.54, 1.807) is 6.07 Å². The predicted molar refractivity (Wildman–Crippen MR) is 81.4 cm³/mol. The van der Waals surface area contributed by atoms with Crippen molar-refractivity contribution in [1.82, 2.24) is 0 Å². The van der Waals surface area contributed by atoms with Gasteiger partial charge in [-0.15, -0.1) is 0 Å². The maximum Gasteiger partial charge on any atom is 0.340 e. The number of nitrogens with two attached hydrogens (primary N) is 1. The van der Waals surface area contributed by atoms with Gasteiger partial charge in [-0.25, -0.2) is 4.79 Å². The molecule has 0 radical (unpaired) electrons. The molecular weight excluding hydrogens is 252 g/mol. The molecule has 104 valence electrons. The van der Waals surface area contributed by atoms with Crippen molar-refractivity contribution in [3.8, 4) is 0 Å². The number of carbonyl (C=O) groups is 1. The standard InChI is InChI=1S/C16H18N2O2/c1-10-5-4-6-12(7-10)18-13-8-11(2)15(17)14(9-13)16(19)20-3/h4-9,18H,17H2,1-3H3. The molecule has 0 aromatic heterocycles. The minimum Gasteiger partial charge on any atom is -0.465 e. The van der Waals surface area contributed by atoms with Gasteiger partial charge in [-0.2, -0.15) is 0 Å². The zero-order chi connectivity index (χ0) is 14.7. The molecule has 20 heavy (non-hydrogen) atoms. The molecule has 2 rings (SSSR count). The van der Waals surface area contributed by atoms with Crippen LogP contribution >= 0.6 is 0 Å². The summed E-state index contributed by atoms with van der Waals surface area (Å²) in [6.07, 6.45) is 0. The van der Waals surface area contributed by atoms with E-state index in [0.717, 1.165) is 22.5 Å². The van der Waals surface area contributed by atoms with E-state index < -0.39 is 5.97 Å². The van der Waals surface area contributed by atoms with Crippen molar-refractivity contribution in [2.45, 2.75) is 13.8 Å². The molecule has 3 N–H and O–H groups in total. The van der Waals surface area contributed by atoms with Gasteiger partial charge in [0.25, 0.3) is 0 Å². The van der Waals surface area contributed by atoms with E-state index in [9.17, 15) is 4.79 Å². The molecule has 0 aliphatic rings. The second-order valence-corrected chi connectivity index (χ2v) is 4.74. The number of aryl methyl sites for hydroxylation is 2. The van der Waals surface area contributed by atoms with Gasteiger partial charge < -0.3 is 15.8 Å². The SMILES string of the molecule is COC(=O)c1cc(Nc2cccc(C)c2)cc(C)c1N. The van der Waals surface area contributed by atoms with Crippen molar-refractivity contribution >= 4 is 23.0 Å². The van der Waals surface area contributed by atoms with Crippen LogP contribution in [0.25, 0.3) is 0 Å². The molecule has 0 amide bonds. The zero-order valence-corrected chi connectivity index (χ0v) is 11.9. The Labute approximate surface area is 118 Å². The Morgan fingerprint density at radius 2 is 1.90 bits per heavy atom. The number of methoxy groups -OCH3 is 1. The highest BCUT2D eigenvalue weighted by molar-refractivity contribution is 5.97. The molecule has 0 fully saturated rings. The van der Waals surface area contributed by atoms with E-state index in [4.69, 9.17) is 10.5 Å². The quantitative estimate of drug-likeness (QED) is 0.662. The lowest BCUT2D eigenvalue weighted by Crippen LogP contribution is -2.08. The summed E-state index contributed by atoms with van der Waals surface area (Å²) in [5.41, 5.74) is 10.5. The third-order valence-electron chi connectivity index (χ3n) is 3.10. The van der Waals surface area contributed by atoms with Gasteiger partial charge in [-0.1, -0.05) is 12.1 Å². The van der Waals surface area contributed by atoms with Crippen molar-refractivity contribution < 1.29 is 9.53 Å². The van der Waals surface area contributed by atoms with Gasteiger partial charge in [-0.3, -0.25) is 0 Å². The molecule has 4 heteroatoms. The van der Waals surface area contributed by atoms with Crippen LogP contribution in [0.2, 0.25) is 0 Å². The summed E-state index contributed by atoms with van der Waals surface area (Å²) in [6, 6.07) is 11.6. The summed E-state index contributed by atoms with van der Waals surface area (Å²) in [7, 11) is 1.35. The fourth-order valence-electron chi connectivity index (χ4n) is 2.04. The lowest BCUT2D eigenvalue weighted by molar-refractivity contribution is 0.0602. The molecule has 0 saturated heterocycles. The fraction of sp³-hybridized carbons (Fsp3) is 0.188. The van der Waals surface area contributed by atoms with E-state index in [1.807, 2.05) is 44.2 Å². The van der Waals surface area contributed by atoms with E-state index in [0.29, 0.717) is 11.3 Å². The maximum absolute atomic E-state index is 11.7. The zero-order valence-electron chi connectivity index (χ0n) is 11.9. The van der Waals surface area contributed by atoms with Gasteiger partial charge in [0, 0.05) is 17.1 Å². The number of rotatable bonds is 3. The van der Waals surface area contributed by atoms with Crippen LogP contribution < -0.4 is 11.1 Å². The number of nitrogen functional groups attached to an aromatic ring is 1. The number of carbonyl (C=O) groups excluding carboxylic acids is 1. The first-order chi connectivity index (χ1) is 9.51. The van der Waals surface area contributed by atoms with Gasteiger partial charge in [0.05, 0.1) is 12.7 Å². The second kappa shape index (κ2) is 5.65. The largest absolute Gasteiger partial charge is 0.465 e. The number of ether oxygens (including phenoxy) is 1. The first-order valence-electron chi connectivity index (χ1n) is 6.33. The van der Waals surface area contributed by atoms with Crippen LogP contribution in [0.1, 0.15) is 21.5 Å². The minimum atomic E-state index is -0.432. The van der Waals surface area contributed by atoms with Gasteiger partial charge >= 0.3 is 5.97 Å².